The number of ether oxygens (including phenoxy) is 10. The van der Waals surface area contributed by atoms with E-state index in [9.17, 15) is 5.53 Å². The molecule has 6 aromatic rings. The van der Waals surface area contributed by atoms with Gasteiger partial charge in [-0.15, -0.1) is 0 Å². The quantitative estimate of drug-likeness (QED) is 0.0327. The fourth-order valence-electron chi connectivity index (χ4n) is 8.40. The fraction of sp³-hybridized carbons (Fsp3) is 0.345. The lowest BCUT2D eigenvalue weighted by Crippen LogP contribution is -2.63. The molecule has 2 saturated heterocycles. The first-order chi connectivity index (χ1) is 33.6. The van der Waals surface area contributed by atoms with E-state index in [0.29, 0.717) is 6.61 Å². The van der Waals surface area contributed by atoms with Gasteiger partial charge in [-0.3, -0.25) is 0 Å². The van der Waals surface area contributed by atoms with Gasteiger partial charge >= 0.3 is 0 Å². The van der Waals surface area contributed by atoms with Crippen LogP contribution in [0.25, 0.3) is 10.4 Å². The molecular weight excluding hydrogens is 863 g/mol. The predicted octanol–water partition coefficient (Wildman–Crippen LogP) is 9.92. The maximum atomic E-state index is 10.2. The maximum Gasteiger partial charge on any atom is 0.186 e. The van der Waals surface area contributed by atoms with E-state index >= 15 is 0 Å². The van der Waals surface area contributed by atoms with Crippen LogP contribution in [0.15, 0.2) is 187 Å². The molecule has 2 aliphatic rings. The third-order valence-electron chi connectivity index (χ3n) is 11.9. The lowest BCUT2D eigenvalue weighted by molar-refractivity contribution is -0.336. The topological polar surface area (TPSA) is 141 Å². The van der Waals surface area contributed by atoms with Gasteiger partial charge in [-0.1, -0.05) is 187 Å². The Morgan fingerprint density at radius 2 is 0.735 bits per heavy atom. The molecule has 1 unspecified atom stereocenters. The third-order valence-corrected chi connectivity index (χ3v) is 11.9. The Morgan fingerprint density at radius 3 is 1.15 bits per heavy atom. The molecule has 0 aromatic heterocycles. The number of rotatable bonds is 24. The Kier molecular flexibility index (Phi) is 18.7. The molecule has 6 aromatic carbocycles. The Hall–Kier alpha value is -5.77. The summed E-state index contributed by atoms with van der Waals surface area (Å²) >= 11 is 0. The first kappa shape index (κ1) is 48.7. The molecule has 2 aliphatic heterocycles. The molecular formula is C55H59N3O10. The molecule has 0 radical (unpaired) electrons. The molecule has 2 heterocycles. The van der Waals surface area contributed by atoms with E-state index in [1.807, 2.05) is 182 Å². The molecule has 13 nitrogen and oxygen atoms in total. The van der Waals surface area contributed by atoms with E-state index in [1.165, 1.54) is 0 Å². The highest BCUT2D eigenvalue weighted by atomic mass is 16.7. The maximum absolute atomic E-state index is 10.2. The van der Waals surface area contributed by atoms with Crippen molar-refractivity contribution in [2.24, 2.45) is 5.11 Å². The minimum atomic E-state index is -1.14. The van der Waals surface area contributed by atoms with Gasteiger partial charge < -0.3 is 47.4 Å². The summed E-state index contributed by atoms with van der Waals surface area (Å²) in [6.45, 7) is 1.62. The van der Waals surface area contributed by atoms with Crippen molar-refractivity contribution in [3.63, 3.8) is 0 Å². The van der Waals surface area contributed by atoms with Gasteiger partial charge in [0, 0.05) is 12.0 Å². The Bertz CT molecular complexity index is 2370. The molecule has 0 bridgehead atoms. The molecule has 0 aliphatic carbocycles. The van der Waals surface area contributed by atoms with Gasteiger partial charge in [-0.25, -0.2) is 0 Å². The zero-order valence-electron chi connectivity index (χ0n) is 38.2. The summed E-state index contributed by atoms with van der Waals surface area (Å²) in [7, 11) is 1.58. The van der Waals surface area contributed by atoms with Gasteiger partial charge in [-0.05, 0) is 38.9 Å². The van der Waals surface area contributed by atoms with Gasteiger partial charge in [0.15, 0.2) is 12.6 Å². The van der Waals surface area contributed by atoms with Gasteiger partial charge in [0.25, 0.3) is 0 Å². The molecule has 0 N–H and O–H groups in total. The van der Waals surface area contributed by atoms with Gasteiger partial charge in [-0.2, -0.15) is 0 Å². The van der Waals surface area contributed by atoms with Crippen LogP contribution in [0.2, 0.25) is 0 Å². The first-order valence-electron chi connectivity index (χ1n) is 23.0. The Balaban J connectivity index is 1.10. The number of azide groups is 1. The number of nitrogens with zero attached hydrogens (tertiary/aromatic N) is 3. The molecule has 0 amide bonds. The molecule has 8 rings (SSSR count). The number of hydrogen-bond acceptors (Lipinski definition) is 11. The van der Waals surface area contributed by atoms with Crippen LogP contribution in [-0.4, -0.2) is 81.7 Å². The monoisotopic (exact) mass is 921 g/mol. The number of methoxy groups -OCH3 is 1. The molecule has 13 heteroatoms. The van der Waals surface area contributed by atoms with Crippen LogP contribution in [0.5, 0.6) is 0 Å². The second-order valence-electron chi connectivity index (χ2n) is 16.7. The van der Waals surface area contributed by atoms with E-state index in [4.69, 9.17) is 47.4 Å². The average molecular weight is 922 g/mol. The Morgan fingerprint density at radius 1 is 0.397 bits per heavy atom. The SMILES string of the molecule is CO[C@H]1O[C@H](COC2O[C@H](COCc3ccccc3)[C@@H](OCc3ccccc3)[C@H](OCc3ccccc3)[C@H]2N=[N+]=[N-])[C@@H](OCc2ccccc2)[C@H](OCc2ccccc2)[C@H]1OCc1ccccc1. The van der Waals surface area contributed by atoms with Crippen LogP contribution >= 0.6 is 0 Å². The summed E-state index contributed by atoms with van der Waals surface area (Å²) in [5.41, 5.74) is 16.0. The van der Waals surface area contributed by atoms with Crippen molar-refractivity contribution in [1.29, 1.82) is 0 Å². The summed E-state index contributed by atoms with van der Waals surface area (Å²) < 4.78 is 66.6. The van der Waals surface area contributed by atoms with Crippen molar-refractivity contribution in [1.82, 2.24) is 0 Å². The molecule has 68 heavy (non-hydrogen) atoms. The molecule has 354 valence electrons. The summed E-state index contributed by atoms with van der Waals surface area (Å²) in [5, 5.41) is 4.30. The summed E-state index contributed by atoms with van der Waals surface area (Å²) in [6.07, 6.45) is -7.27. The summed E-state index contributed by atoms with van der Waals surface area (Å²) in [5.74, 6) is 0. The highest BCUT2D eigenvalue weighted by molar-refractivity contribution is 5.18. The van der Waals surface area contributed by atoms with Crippen molar-refractivity contribution >= 4 is 0 Å². The zero-order chi connectivity index (χ0) is 46.6. The van der Waals surface area contributed by atoms with E-state index < -0.39 is 61.3 Å². The van der Waals surface area contributed by atoms with Crippen LogP contribution < -0.4 is 0 Å². The van der Waals surface area contributed by atoms with E-state index in [2.05, 4.69) is 10.0 Å². The van der Waals surface area contributed by atoms with Crippen LogP contribution in [-0.2, 0) is 87.0 Å². The standard InChI is InChI=1S/C55H59N3O10/c1-59-55-53(65-37-45-30-18-7-19-31-45)52(64-36-44-28-16-6-17-29-44)50(62-34-42-24-12-4-13-25-42)47(68-55)39-66-54-48(57-58-56)51(63-35-43-26-14-5-15-27-43)49(61-33-41-22-10-3-11-23-41)46(67-54)38-60-32-40-20-8-2-9-21-40/h2-31,46-55H,32-39H2,1H3/t46-,47-,48-,49-,50-,51-,52+,53-,54?,55+/m1/s1. The number of hydrogen-bond donors (Lipinski definition) is 0. The average Bonchev–Trinajstić information content (AvgIpc) is 3.40. The van der Waals surface area contributed by atoms with E-state index in [-0.39, 0.29) is 46.2 Å². The number of benzene rings is 6. The van der Waals surface area contributed by atoms with E-state index in [1.54, 1.807) is 7.11 Å². The minimum absolute atomic E-state index is 0.0867. The largest absolute Gasteiger partial charge is 0.374 e. The van der Waals surface area contributed by atoms with Crippen molar-refractivity contribution in [2.75, 3.05) is 20.3 Å². The second kappa shape index (κ2) is 26.1. The van der Waals surface area contributed by atoms with Crippen LogP contribution in [0, 0.1) is 0 Å². The van der Waals surface area contributed by atoms with Gasteiger partial charge in [0.05, 0.1) is 52.9 Å². The van der Waals surface area contributed by atoms with Gasteiger partial charge in [0.1, 0.15) is 48.8 Å². The van der Waals surface area contributed by atoms with Gasteiger partial charge in [0.2, 0.25) is 0 Å². The molecule has 10 atom stereocenters. The summed E-state index contributed by atoms with van der Waals surface area (Å²) in [4.78, 5) is 3.30. The third kappa shape index (κ3) is 13.9. The first-order valence-corrected chi connectivity index (χ1v) is 23.0. The lowest BCUT2D eigenvalue weighted by atomic mass is 9.96. The highest BCUT2D eigenvalue weighted by Gasteiger charge is 2.51. The van der Waals surface area contributed by atoms with E-state index in [0.717, 1.165) is 33.4 Å². The van der Waals surface area contributed by atoms with Crippen molar-refractivity contribution in [3.05, 3.63) is 226 Å². The van der Waals surface area contributed by atoms with Crippen LogP contribution in [0.1, 0.15) is 33.4 Å². The minimum Gasteiger partial charge on any atom is -0.374 e. The molecule has 0 saturated carbocycles. The normalized spacial score (nSPS) is 24.8. The van der Waals surface area contributed by atoms with Crippen molar-refractivity contribution < 1.29 is 47.4 Å². The predicted molar refractivity (Wildman–Crippen MR) is 254 cm³/mol. The summed E-state index contributed by atoms with van der Waals surface area (Å²) in [6, 6.07) is 58.3. The smallest absolute Gasteiger partial charge is 0.186 e. The molecule has 0 spiro atoms. The molecule has 2 fully saturated rings. The zero-order valence-corrected chi connectivity index (χ0v) is 38.2. The second-order valence-corrected chi connectivity index (χ2v) is 16.7. The van der Waals surface area contributed by atoms with Crippen molar-refractivity contribution in [3.8, 4) is 0 Å². The fourth-order valence-corrected chi connectivity index (χ4v) is 8.40. The van der Waals surface area contributed by atoms with Crippen LogP contribution in [0.4, 0.5) is 0 Å². The highest BCUT2D eigenvalue weighted by Crippen LogP contribution is 2.35. The Labute approximate surface area is 398 Å². The van der Waals surface area contributed by atoms with Crippen LogP contribution in [0.3, 0.4) is 0 Å². The van der Waals surface area contributed by atoms with Crippen molar-refractivity contribution in [2.45, 2.75) is 101 Å². The lowest BCUT2D eigenvalue weighted by Gasteiger charge is -2.47.